The Labute approximate surface area is 121 Å². The summed E-state index contributed by atoms with van der Waals surface area (Å²) in [5.41, 5.74) is 3.24. The van der Waals surface area contributed by atoms with E-state index < -0.39 is 0 Å². The van der Waals surface area contributed by atoms with Crippen LogP contribution in [0.3, 0.4) is 0 Å². The van der Waals surface area contributed by atoms with Gasteiger partial charge in [-0.05, 0) is 24.6 Å². The van der Waals surface area contributed by atoms with Crippen molar-refractivity contribution in [2.24, 2.45) is 7.05 Å². The molecule has 1 N–H and O–H groups in total. The van der Waals surface area contributed by atoms with E-state index in [-0.39, 0.29) is 5.28 Å². The van der Waals surface area contributed by atoms with Crippen LogP contribution in [0.1, 0.15) is 5.69 Å². The molecule has 0 amide bonds. The predicted octanol–water partition coefficient (Wildman–Crippen LogP) is 1.80. The zero-order chi connectivity index (χ0) is 14.3. The lowest BCUT2D eigenvalue weighted by molar-refractivity contribution is -0.738. The van der Waals surface area contributed by atoms with E-state index in [1.54, 1.807) is 6.20 Å². The number of nitrogens with zero attached hydrogens (tertiary/aromatic N) is 4. The first-order valence-corrected chi connectivity index (χ1v) is 6.70. The van der Waals surface area contributed by atoms with Crippen LogP contribution in [0.4, 0.5) is 11.5 Å². The van der Waals surface area contributed by atoms with Gasteiger partial charge >= 0.3 is 0 Å². The van der Waals surface area contributed by atoms with E-state index in [4.69, 9.17) is 11.6 Å². The number of hydrogen-bond acceptors (Lipinski definition) is 3. The van der Waals surface area contributed by atoms with Crippen molar-refractivity contribution in [1.82, 2.24) is 19.7 Å². The summed E-state index contributed by atoms with van der Waals surface area (Å²) >= 11 is 5.84. The van der Waals surface area contributed by atoms with Crippen molar-refractivity contribution in [2.45, 2.75) is 6.92 Å². The van der Waals surface area contributed by atoms with Crippen LogP contribution in [0, 0.1) is 6.92 Å². The second kappa shape index (κ2) is 4.85. The summed E-state index contributed by atoms with van der Waals surface area (Å²) in [4.78, 5) is 9.21. The SMILES string of the molecule is Cc1c2ccc([NH+](C)c3ccnc(Cl)n3)cc2nn1C. The maximum absolute atomic E-state index is 5.84. The third kappa shape index (κ3) is 2.15. The van der Waals surface area contributed by atoms with Crippen molar-refractivity contribution in [3.05, 3.63) is 41.4 Å². The molecule has 1 atom stereocenters. The Hall–Kier alpha value is -1.98. The predicted molar refractivity (Wildman–Crippen MR) is 78.7 cm³/mol. The maximum Gasteiger partial charge on any atom is 0.235 e. The van der Waals surface area contributed by atoms with Crippen LogP contribution >= 0.6 is 11.6 Å². The molecule has 5 nitrogen and oxygen atoms in total. The number of benzene rings is 1. The number of nitrogens with one attached hydrogen (secondary N) is 1. The molecule has 0 bridgehead atoms. The number of halogens is 1. The first-order chi connectivity index (χ1) is 9.56. The number of rotatable bonds is 2. The standard InChI is InChI=1S/C14H14ClN5/c1-9-11-5-4-10(8-12(11)18-20(9)3)19(2)13-6-7-16-14(15)17-13/h4-8H,1-3H3/p+1. The highest BCUT2D eigenvalue weighted by Gasteiger charge is 2.15. The second-order valence-electron chi connectivity index (χ2n) is 4.78. The van der Waals surface area contributed by atoms with Gasteiger partial charge in [-0.15, -0.1) is 0 Å². The van der Waals surface area contributed by atoms with Gasteiger partial charge in [-0.25, -0.2) is 4.98 Å². The Morgan fingerprint density at radius 1 is 1.25 bits per heavy atom. The number of aryl methyl sites for hydroxylation is 2. The number of aromatic nitrogens is 4. The van der Waals surface area contributed by atoms with Gasteiger partial charge in [-0.1, -0.05) is 0 Å². The molecule has 0 fully saturated rings. The van der Waals surface area contributed by atoms with Gasteiger partial charge in [0.2, 0.25) is 11.1 Å². The smallest absolute Gasteiger partial charge is 0.235 e. The minimum Gasteiger partial charge on any atom is -0.272 e. The molecule has 0 aliphatic heterocycles. The number of hydrogen-bond donors (Lipinski definition) is 1. The van der Waals surface area contributed by atoms with Crippen molar-refractivity contribution in [1.29, 1.82) is 0 Å². The topological polar surface area (TPSA) is 48.0 Å². The molecule has 2 aromatic heterocycles. The minimum atomic E-state index is 0.261. The van der Waals surface area contributed by atoms with Gasteiger partial charge in [-0.2, -0.15) is 10.1 Å². The van der Waals surface area contributed by atoms with E-state index in [0.717, 1.165) is 27.6 Å². The van der Waals surface area contributed by atoms with Crippen molar-refractivity contribution < 1.29 is 4.90 Å². The largest absolute Gasteiger partial charge is 0.272 e. The molecule has 0 saturated carbocycles. The van der Waals surface area contributed by atoms with Crippen LogP contribution in [0.25, 0.3) is 10.9 Å². The molecule has 0 aliphatic rings. The Bertz CT molecular complexity index is 780. The van der Waals surface area contributed by atoms with Crippen molar-refractivity contribution in [2.75, 3.05) is 7.05 Å². The van der Waals surface area contributed by atoms with E-state index in [9.17, 15) is 0 Å². The molecule has 0 saturated heterocycles. The minimum absolute atomic E-state index is 0.261. The van der Waals surface area contributed by atoms with Crippen LogP contribution in [-0.2, 0) is 7.05 Å². The van der Waals surface area contributed by atoms with Crippen LogP contribution in [0.15, 0.2) is 30.5 Å². The fourth-order valence-electron chi connectivity index (χ4n) is 2.26. The van der Waals surface area contributed by atoms with Crippen LogP contribution in [0.5, 0.6) is 0 Å². The van der Waals surface area contributed by atoms with E-state index in [1.165, 1.54) is 5.39 Å². The number of quaternary nitrogens is 1. The van der Waals surface area contributed by atoms with Gasteiger partial charge in [0.1, 0.15) is 5.69 Å². The summed E-state index contributed by atoms with van der Waals surface area (Å²) in [6.45, 7) is 2.07. The molecule has 102 valence electrons. The Balaban J connectivity index is 2.05. The van der Waals surface area contributed by atoms with E-state index >= 15 is 0 Å². The zero-order valence-corrected chi connectivity index (χ0v) is 12.3. The van der Waals surface area contributed by atoms with Gasteiger partial charge in [0, 0.05) is 42.5 Å². The Kier molecular flexibility index (Phi) is 3.16. The van der Waals surface area contributed by atoms with Gasteiger partial charge in [0.05, 0.1) is 12.6 Å². The molecule has 6 heteroatoms. The third-order valence-corrected chi connectivity index (χ3v) is 3.76. The molecule has 3 aromatic rings. The normalized spacial score (nSPS) is 12.8. The molecule has 2 heterocycles. The van der Waals surface area contributed by atoms with Crippen LogP contribution in [0.2, 0.25) is 5.28 Å². The summed E-state index contributed by atoms with van der Waals surface area (Å²) in [6, 6.07) is 8.12. The van der Waals surface area contributed by atoms with E-state index in [2.05, 4.69) is 40.2 Å². The lowest BCUT2D eigenvalue weighted by atomic mass is 10.2. The average Bonchev–Trinajstić information content (AvgIpc) is 2.73. The highest BCUT2D eigenvalue weighted by molar-refractivity contribution is 6.28. The van der Waals surface area contributed by atoms with Gasteiger partial charge in [0.15, 0.2) is 0 Å². The quantitative estimate of drug-likeness (QED) is 0.732. The van der Waals surface area contributed by atoms with Gasteiger partial charge < -0.3 is 0 Å². The summed E-state index contributed by atoms with van der Waals surface area (Å²) in [6.07, 6.45) is 1.66. The summed E-state index contributed by atoms with van der Waals surface area (Å²) < 4.78 is 1.89. The van der Waals surface area contributed by atoms with Crippen molar-refractivity contribution in [3.8, 4) is 0 Å². The van der Waals surface area contributed by atoms with Gasteiger partial charge in [0.25, 0.3) is 0 Å². The summed E-state index contributed by atoms with van der Waals surface area (Å²) in [5, 5.41) is 5.94. The Morgan fingerprint density at radius 3 is 2.80 bits per heavy atom. The lowest BCUT2D eigenvalue weighted by Crippen LogP contribution is -2.98. The molecular weight excluding hydrogens is 274 g/mol. The maximum atomic E-state index is 5.84. The molecule has 20 heavy (non-hydrogen) atoms. The van der Waals surface area contributed by atoms with Crippen LogP contribution in [-0.4, -0.2) is 26.8 Å². The number of fused-ring (bicyclic) bond motifs is 1. The zero-order valence-electron chi connectivity index (χ0n) is 11.6. The Morgan fingerprint density at radius 2 is 2.05 bits per heavy atom. The van der Waals surface area contributed by atoms with Crippen LogP contribution < -0.4 is 4.90 Å². The molecule has 3 rings (SSSR count). The third-order valence-electron chi connectivity index (χ3n) is 3.57. The molecule has 0 spiro atoms. The van der Waals surface area contributed by atoms with Crippen molar-refractivity contribution in [3.63, 3.8) is 0 Å². The molecule has 0 radical (unpaired) electrons. The molecular formula is C14H15ClN5+. The van der Waals surface area contributed by atoms with E-state index in [1.807, 2.05) is 24.8 Å². The summed E-state index contributed by atoms with van der Waals surface area (Å²) in [7, 11) is 3.98. The molecule has 0 aliphatic carbocycles. The highest BCUT2D eigenvalue weighted by Crippen LogP contribution is 2.20. The second-order valence-corrected chi connectivity index (χ2v) is 5.11. The first kappa shape index (κ1) is 13.0. The highest BCUT2D eigenvalue weighted by atomic mass is 35.5. The lowest BCUT2D eigenvalue weighted by Gasteiger charge is -2.11. The monoisotopic (exact) mass is 288 g/mol. The first-order valence-electron chi connectivity index (χ1n) is 6.32. The molecule has 1 unspecified atom stereocenters. The fourth-order valence-corrected chi connectivity index (χ4v) is 2.40. The van der Waals surface area contributed by atoms with E-state index in [0.29, 0.717) is 0 Å². The fraction of sp³-hybridized carbons (Fsp3) is 0.214. The van der Waals surface area contributed by atoms with Crippen molar-refractivity contribution >= 4 is 34.0 Å². The van der Waals surface area contributed by atoms with Gasteiger partial charge in [-0.3, -0.25) is 9.58 Å². The summed E-state index contributed by atoms with van der Waals surface area (Å²) in [5.74, 6) is 0.831. The average molecular weight is 289 g/mol. The molecule has 1 aromatic carbocycles.